The summed E-state index contributed by atoms with van der Waals surface area (Å²) in [5.41, 5.74) is 1.83. The average Bonchev–Trinajstić information content (AvgIpc) is 2.49. The number of rotatable bonds is 3. The number of piperazine rings is 1. The van der Waals surface area contributed by atoms with E-state index in [0.717, 1.165) is 11.3 Å². The van der Waals surface area contributed by atoms with E-state index in [0.29, 0.717) is 13.1 Å². The van der Waals surface area contributed by atoms with Gasteiger partial charge in [-0.15, -0.1) is 0 Å². The molecule has 2 unspecified atom stereocenters. The zero-order chi connectivity index (χ0) is 15.4. The Morgan fingerprint density at radius 2 is 2.24 bits per heavy atom. The van der Waals surface area contributed by atoms with Crippen LogP contribution < -0.4 is 16.0 Å². The second-order valence-corrected chi connectivity index (χ2v) is 5.23. The van der Waals surface area contributed by atoms with Gasteiger partial charge in [-0.2, -0.15) is 0 Å². The molecule has 21 heavy (non-hydrogen) atoms. The molecule has 3 amide bonds. The summed E-state index contributed by atoms with van der Waals surface area (Å²) in [7, 11) is 1.89. The van der Waals surface area contributed by atoms with Gasteiger partial charge in [0.15, 0.2) is 0 Å². The first-order valence-corrected chi connectivity index (χ1v) is 7.15. The lowest BCUT2D eigenvalue weighted by atomic mass is 10.1. The maximum Gasteiger partial charge on any atom is 0.322 e. The summed E-state index contributed by atoms with van der Waals surface area (Å²) in [4.78, 5) is 25.4. The van der Waals surface area contributed by atoms with E-state index in [2.05, 4.69) is 22.9 Å². The minimum Gasteiger partial charge on any atom is -0.353 e. The van der Waals surface area contributed by atoms with Crippen molar-refractivity contribution < 1.29 is 9.59 Å². The van der Waals surface area contributed by atoms with E-state index in [4.69, 9.17) is 0 Å². The van der Waals surface area contributed by atoms with E-state index in [1.165, 1.54) is 0 Å². The molecule has 1 heterocycles. The predicted octanol–water partition coefficient (Wildman–Crippen LogP) is 1.32. The summed E-state index contributed by atoms with van der Waals surface area (Å²) >= 11 is 0. The van der Waals surface area contributed by atoms with Gasteiger partial charge in [-0.3, -0.25) is 4.79 Å². The van der Waals surface area contributed by atoms with E-state index in [9.17, 15) is 9.59 Å². The smallest absolute Gasteiger partial charge is 0.322 e. The number of hydrogen-bond donors (Lipinski definition) is 3. The molecule has 0 aliphatic carbocycles. The minimum atomic E-state index is -0.446. The molecule has 2 rings (SSSR count). The highest BCUT2D eigenvalue weighted by Gasteiger charge is 2.29. The molecule has 3 N–H and O–H groups in total. The summed E-state index contributed by atoms with van der Waals surface area (Å²) in [6.45, 7) is 4.80. The molecule has 0 aromatic heterocycles. The first-order chi connectivity index (χ1) is 10.0. The predicted molar refractivity (Wildman–Crippen MR) is 82.1 cm³/mol. The lowest BCUT2D eigenvalue weighted by Gasteiger charge is -2.32. The van der Waals surface area contributed by atoms with Gasteiger partial charge in [0.05, 0.1) is 0 Å². The number of urea groups is 1. The van der Waals surface area contributed by atoms with Gasteiger partial charge in [-0.25, -0.2) is 4.79 Å². The van der Waals surface area contributed by atoms with Crippen molar-refractivity contribution in [3.8, 4) is 0 Å². The Labute approximate surface area is 124 Å². The third-order valence-corrected chi connectivity index (χ3v) is 3.83. The van der Waals surface area contributed by atoms with Crippen LogP contribution in [0.4, 0.5) is 10.5 Å². The second kappa shape index (κ2) is 6.58. The maximum atomic E-state index is 12.3. The lowest BCUT2D eigenvalue weighted by molar-refractivity contribution is -0.126. The molecule has 6 nitrogen and oxygen atoms in total. The fourth-order valence-corrected chi connectivity index (χ4v) is 2.31. The van der Waals surface area contributed by atoms with Crippen molar-refractivity contribution in [3.05, 3.63) is 29.8 Å². The number of hydrogen-bond acceptors (Lipinski definition) is 3. The van der Waals surface area contributed by atoms with Crippen molar-refractivity contribution in [3.63, 3.8) is 0 Å². The molecule has 1 aromatic rings. The number of amides is 3. The third kappa shape index (κ3) is 3.52. The summed E-state index contributed by atoms with van der Waals surface area (Å²) < 4.78 is 0. The van der Waals surface area contributed by atoms with Crippen LogP contribution in [0.15, 0.2) is 24.3 Å². The summed E-state index contributed by atoms with van der Waals surface area (Å²) in [5, 5.41) is 8.77. The zero-order valence-electron chi connectivity index (χ0n) is 12.6. The van der Waals surface area contributed by atoms with Crippen LogP contribution in [0.5, 0.6) is 0 Å². The van der Waals surface area contributed by atoms with E-state index in [1.807, 2.05) is 31.3 Å². The highest BCUT2D eigenvalue weighted by molar-refractivity contribution is 5.94. The lowest BCUT2D eigenvalue weighted by Crippen LogP contribution is -2.56. The van der Waals surface area contributed by atoms with E-state index >= 15 is 0 Å². The SMILES string of the molecule is CNC(C)c1cccc(NC(=O)N2CCNC(=O)C2C)c1. The minimum absolute atomic E-state index is 0.117. The van der Waals surface area contributed by atoms with Crippen molar-refractivity contribution in [2.24, 2.45) is 0 Å². The topological polar surface area (TPSA) is 73.5 Å². The number of nitrogens with zero attached hydrogens (tertiary/aromatic N) is 1. The maximum absolute atomic E-state index is 12.3. The normalized spacial score (nSPS) is 19.9. The van der Waals surface area contributed by atoms with Crippen LogP contribution in [-0.4, -0.2) is 43.0 Å². The van der Waals surface area contributed by atoms with Gasteiger partial charge in [0.2, 0.25) is 5.91 Å². The van der Waals surface area contributed by atoms with Crippen molar-refractivity contribution in [2.75, 3.05) is 25.5 Å². The fourth-order valence-electron chi connectivity index (χ4n) is 2.31. The molecule has 6 heteroatoms. The van der Waals surface area contributed by atoms with Crippen LogP contribution in [0.3, 0.4) is 0 Å². The first kappa shape index (κ1) is 15.3. The van der Waals surface area contributed by atoms with Crippen molar-refractivity contribution >= 4 is 17.6 Å². The molecule has 1 saturated heterocycles. The quantitative estimate of drug-likeness (QED) is 0.786. The molecule has 2 atom stereocenters. The largest absolute Gasteiger partial charge is 0.353 e. The van der Waals surface area contributed by atoms with Gasteiger partial charge in [0, 0.05) is 24.8 Å². The molecular formula is C15H22N4O2. The fraction of sp³-hybridized carbons (Fsp3) is 0.467. The van der Waals surface area contributed by atoms with Crippen LogP contribution in [0, 0.1) is 0 Å². The summed E-state index contributed by atoms with van der Waals surface area (Å²) in [6, 6.07) is 7.22. The Morgan fingerprint density at radius 3 is 2.95 bits per heavy atom. The van der Waals surface area contributed by atoms with Crippen molar-refractivity contribution in [1.29, 1.82) is 0 Å². The summed E-state index contributed by atoms with van der Waals surface area (Å²) in [5.74, 6) is -0.117. The number of nitrogens with one attached hydrogen (secondary N) is 3. The molecule has 1 aromatic carbocycles. The Hall–Kier alpha value is -2.08. The van der Waals surface area contributed by atoms with E-state index in [1.54, 1.807) is 11.8 Å². The van der Waals surface area contributed by atoms with Crippen LogP contribution >= 0.6 is 0 Å². The molecule has 1 aliphatic rings. The number of anilines is 1. The van der Waals surface area contributed by atoms with Gasteiger partial charge in [0.1, 0.15) is 6.04 Å². The Bertz CT molecular complexity index is 532. The van der Waals surface area contributed by atoms with Crippen LogP contribution in [0.2, 0.25) is 0 Å². The van der Waals surface area contributed by atoms with Gasteiger partial charge in [0.25, 0.3) is 0 Å². The molecule has 0 spiro atoms. The second-order valence-electron chi connectivity index (χ2n) is 5.23. The molecular weight excluding hydrogens is 268 g/mol. The average molecular weight is 290 g/mol. The zero-order valence-corrected chi connectivity index (χ0v) is 12.6. The molecule has 0 bridgehead atoms. The van der Waals surface area contributed by atoms with E-state index < -0.39 is 6.04 Å². The molecule has 114 valence electrons. The summed E-state index contributed by atoms with van der Waals surface area (Å²) in [6.07, 6.45) is 0. The van der Waals surface area contributed by atoms with E-state index in [-0.39, 0.29) is 18.0 Å². The molecule has 0 radical (unpaired) electrons. The number of carbonyl (C=O) groups excluding carboxylic acids is 2. The Balaban J connectivity index is 2.07. The van der Waals surface area contributed by atoms with Crippen molar-refractivity contribution in [1.82, 2.24) is 15.5 Å². The Kier molecular flexibility index (Phi) is 4.80. The van der Waals surface area contributed by atoms with Crippen LogP contribution in [0.25, 0.3) is 0 Å². The molecule has 0 saturated carbocycles. The third-order valence-electron chi connectivity index (χ3n) is 3.83. The van der Waals surface area contributed by atoms with Gasteiger partial charge in [-0.05, 0) is 38.6 Å². The number of benzene rings is 1. The van der Waals surface area contributed by atoms with Gasteiger partial charge >= 0.3 is 6.03 Å². The van der Waals surface area contributed by atoms with Crippen LogP contribution in [0.1, 0.15) is 25.5 Å². The highest BCUT2D eigenvalue weighted by Crippen LogP contribution is 2.18. The monoisotopic (exact) mass is 290 g/mol. The first-order valence-electron chi connectivity index (χ1n) is 7.15. The van der Waals surface area contributed by atoms with Gasteiger partial charge in [-0.1, -0.05) is 12.1 Å². The van der Waals surface area contributed by atoms with Crippen LogP contribution in [-0.2, 0) is 4.79 Å². The van der Waals surface area contributed by atoms with Gasteiger partial charge < -0.3 is 20.9 Å². The van der Waals surface area contributed by atoms with Crippen molar-refractivity contribution in [2.45, 2.75) is 25.9 Å². The Morgan fingerprint density at radius 1 is 1.48 bits per heavy atom. The highest BCUT2D eigenvalue weighted by atomic mass is 16.2. The molecule has 1 aliphatic heterocycles. The standard InChI is InChI=1S/C15H22N4O2/c1-10(16-3)12-5-4-6-13(9-12)18-15(21)19-8-7-17-14(20)11(19)2/h4-6,9-11,16H,7-8H2,1-3H3,(H,17,20)(H,18,21). The molecule has 1 fully saturated rings. The number of carbonyl (C=O) groups is 2.